The molecule has 0 saturated carbocycles. The molecule has 94 valence electrons. The average molecular weight is 269 g/mol. The second-order valence-electron chi connectivity index (χ2n) is 4.38. The zero-order valence-electron chi connectivity index (χ0n) is 10.5. The van der Waals surface area contributed by atoms with Gasteiger partial charge in [0, 0.05) is 16.6 Å². The summed E-state index contributed by atoms with van der Waals surface area (Å²) in [6, 6.07) is 9.46. The van der Waals surface area contributed by atoms with Gasteiger partial charge in [0.1, 0.15) is 4.88 Å². The molecule has 3 aromatic rings. The van der Waals surface area contributed by atoms with E-state index < -0.39 is 0 Å². The van der Waals surface area contributed by atoms with Crippen LogP contribution in [-0.2, 0) is 0 Å². The minimum absolute atomic E-state index is 0.0324. The van der Waals surface area contributed by atoms with Gasteiger partial charge in [0.15, 0.2) is 0 Å². The van der Waals surface area contributed by atoms with Crippen molar-refractivity contribution in [2.75, 3.05) is 0 Å². The topological polar surface area (TPSA) is 55.7 Å². The standard InChI is InChI=1S/C14H11N3OS/c1-8-3-4-10-7-11(5-6-12(10)15-8)13(18)14-9(2)16-17-19-14/h3-7H,1-2H3. The van der Waals surface area contributed by atoms with E-state index in [1.807, 2.05) is 31.2 Å². The molecule has 19 heavy (non-hydrogen) atoms. The fraction of sp³-hybridized carbons (Fsp3) is 0.143. The molecule has 2 aromatic heterocycles. The Morgan fingerprint density at radius 2 is 2.00 bits per heavy atom. The molecule has 0 N–H and O–H groups in total. The SMILES string of the molecule is Cc1ccc2cc(C(=O)c3snnc3C)ccc2n1. The fourth-order valence-corrected chi connectivity index (χ4v) is 2.56. The summed E-state index contributed by atoms with van der Waals surface area (Å²) in [6.07, 6.45) is 0. The van der Waals surface area contributed by atoms with Crippen LogP contribution in [0.4, 0.5) is 0 Å². The summed E-state index contributed by atoms with van der Waals surface area (Å²) < 4.78 is 3.80. The Bertz CT molecular complexity index is 779. The van der Waals surface area contributed by atoms with Gasteiger partial charge in [-0.15, -0.1) is 5.10 Å². The molecular weight excluding hydrogens is 258 g/mol. The summed E-state index contributed by atoms with van der Waals surface area (Å²) >= 11 is 1.13. The maximum atomic E-state index is 12.3. The van der Waals surface area contributed by atoms with Crippen LogP contribution in [0.2, 0.25) is 0 Å². The fourth-order valence-electron chi connectivity index (χ4n) is 1.94. The van der Waals surface area contributed by atoms with Crippen LogP contribution in [0.1, 0.15) is 26.6 Å². The predicted molar refractivity (Wildman–Crippen MR) is 74.6 cm³/mol. The van der Waals surface area contributed by atoms with Crippen LogP contribution in [0.3, 0.4) is 0 Å². The quantitative estimate of drug-likeness (QED) is 0.671. The lowest BCUT2D eigenvalue weighted by Gasteiger charge is -2.02. The molecule has 0 aliphatic heterocycles. The molecule has 2 heterocycles. The van der Waals surface area contributed by atoms with E-state index in [4.69, 9.17) is 0 Å². The maximum absolute atomic E-state index is 12.3. The molecule has 0 bridgehead atoms. The van der Waals surface area contributed by atoms with Gasteiger partial charge in [0.25, 0.3) is 0 Å². The third-order valence-electron chi connectivity index (χ3n) is 2.95. The third kappa shape index (κ3) is 2.13. The maximum Gasteiger partial charge on any atom is 0.206 e. The highest BCUT2D eigenvalue weighted by Gasteiger charge is 2.15. The second kappa shape index (κ2) is 4.51. The monoisotopic (exact) mass is 269 g/mol. The van der Waals surface area contributed by atoms with Gasteiger partial charge in [0.2, 0.25) is 5.78 Å². The van der Waals surface area contributed by atoms with Crippen molar-refractivity contribution in [1.82, 2.24) is 14.6 Å². The Kier molecular flexibility index (Phi) is 2.83. The lowest BCUT2D eigenvalue weighted by molar-refractivity contribution is 0.104. The Balaban J connectivity index is 2.09. The minimum Gasteiger partial charge on any atom is -0.288 e. The van der Waals surface area contributed by atoms with Gasteiger partial charge in [-0.1, -0.05) is 10.6 Å². The molecule has 5 heteroatoms. The number of ketones is 1. The van der Waals surface area contributed by atoms with Crippen LogP contribution in [0, 0.1) is 13.8 Å². The van der Waals surface area contributed by atoms with E-state index in [2.05, 4.69) is 14.6 Å². The Labute approximate surface area is 114 Å². The first-order valence-corrected chi connectivity index (χ1v) is 6.63. The van der Waals surface area contributed by atoms with E-state index in [9.17, 15) is 4.79 Å². The highest BCUT2D eigenvalue weighted by atomic mass is 32.1. The van der Waals surface area contributed by atoms with Gasteiger partial charge < -0.3 is 0 Å². The molecule has 1 aromatic carbocycles. The van der Waals surface area contributed by atoms with Crippen molar-refractivity contribution >= 4 is 28.2 Å². The zero-order chi connectivity index (χ0) is 13.4. The van der Waals surface area contributed by atoms with Gasteiger partial charge in [-0.2, -0.15) is 0 Å². The Morgan fingerprint density at radius 1 is 1.16 bits per heavy atom. The zero-order valence-corrected chi connectivity index (χ0v) is 11.4. The van der Waals surface area contributed by atoms with Crippen molar-refractivity contribution < 1.29 is 4.79 Å². The first-order chi connectivity index (χ1) is 9.15. The number of aromatic nitrogens is 3. The van der Waals surface area contributed by atoms with Crippen molar-refractivity contribution in [2.45, 2.75) is 13.8 Å². The summed E-state index contributed by atoms with van der Waals surface area (Å²) in [5.41, 5.74) is 3.19. The number of carbonyl (C=O) groups excluding carboxylic acids is 1. The van der Waals surface area contributed by atoms with E-state index in [0.717, 1.165) is 28.1 Å². The van der Waals surface area contributed by atoms with Crippen LogP contribution in [0.15, 0.2) is 30.3 Å². The molecule has 0 aliphatic carbocycles. The second-order valence-corrected chi connectivity index (χ2v) is 5.13. The van der Waals surface area contributed by atoms with E-state index >= 15 is 0 Å². The summed E-state index contributed by atoms with van der Waals surface area (Å²) in [4.78, 5) is 17.4. The molecule has 4 nitrogen and oxygen atoms in total. The molecule has 0 saturated heterocycles. The molecule has 3 rings (SSSR count). The number of nitrogens with zero attached hydrogens (tertiary/aromatic N) is 3. The van der Waals surface area contributed by atoms with E-state index in [1.54, 1.807) is 13.0 Å². The lowest BCUT2D eigenvalue weighted by Crippen LogP contribution is -2.01. The number of benzene rings is 1. The van der Waals surface area contributed by atoms with Crippen LogP contribution >= 0.6 is 11.5 Å². The van der Waals surface area contributed by atoms with E-state index in [0.29, 0.717) is 16.1 Å². The summed E-state index contributed by atoms with van der Waals surface area (Å²) in [7, 11) is 0. The number of hydrogen-bond donors (Lipinski definition) is 0. The molecule has 0 spiro atoms. The normalized spacial score (nSPS) is 10.8. The molecule has 0 aliphatic rings. The van der Waals surface area contributed by atoms with Gasteiger partial charge in [0.05, 0.1) is 11.2 Å². The van der Waals surface area contributed by atoms with Gasteiger partial charge in [-0.05, 0) is 49.6 Å². The van der Waals surface area contributed by atoms with E-state index in [1.165, 1.54) is 0 Å². The highest BCUT2D eigenvalue weighted by molar-refractivity contribution is 7.08. The molecule has 0 unspecified atom stereocenters. The van der Waals surface area contributed by atoms with Gasteiger partial charge in [-0.3, -0.25) is 9.78 Å². The molecular formula is C14H11N3OS. The minimum atomic E-state index is -0.0324. The van der Waals surface area contributed by atoms with Gasteiger partial charge >= 0.3 is 0 Å². The first kappa shape index (κ1) is 11.9. The third-order valence-corrected chi connectivity index (χ3v) is 3.78. The smallest absolute Gasteiger partial charge is 0.206 e. The number of hydrogen-bond acceptors (Lipinski definition) is 5. The number of aryl methyl sites for hydroxylation is 2. The van der Waals surface area contributed by atoms with E-state index in [-0.39, 0.29) is 5.78 Å². The molecule has 0 atom stereocenters. The Morgan fingerprint density at radius 3 is 2.74 bits per heavy atom. The summed E-state index contributed by atoms with van der Waals surface area (Å²) in [5.74, 6) is -0.0324. The molecule has 0 amide bonds. The van der Waals surface area contributed by atoms with Crippen LogP contribution < -0.4 is 0 Å². The Hall–Kier alpha value is -2.14. The predicted octanol–water partition coefficient (Wildman–Crippen LogP) is 2.93. The van der Waals surface area contributed by atoms with Crippen molar-refractivity contribution in [3.8, 4) is 0 Å². The van der Waals surface area contributed by atoms with Gasteiger partial charge in [-0.25, -0.2) is 0 Å². The molecule has 0 radical (unpaired) electrons. The summed E-state index contributed by atoms with van der Waals surface area (Å²) in [5, 5.41) is 4.84. The molecule has 0 fully saturated rings. The van der Waals surface area contributed by atoms with Crippen molar-refractivity contribution in [3.63, 3.8) is 0 Å². The van der Waals surface area contributed by atoms with Crippen LogP contribution in [0.5, 0.6) is 0 Å². The first-order valence-electron chi connectivity index (χ1n) is 5.86. The average Bonchev–Trinajstić information content (AvgIpc) is 2.83. The van der Waals surface area contributed by atoms with Crippen molar-refractivity contribution in [2.24, 2.45) is 0 Å². The van der Waals surface area contributed by atoms with Crippen molar-refractivity contribution in [3.05, 3.63) is 52.2 Å². The largest absolute Gasteiger partial charge is 0.288 e. The lowest BCUT2D eigenvalue weighted by atomic mass is 10.1. The van der Waals surface area contributed by atoms with Crippen LogP contribution in [0.25, 0.3) is 10.9 Å². The summed E-state index contributed by atoms with van der Waals surface area (Å²) in [6.45, 7) is 3.74. The number of fused-ring (bicyclic) bond motifs is 1. The van der Waals surface area contributed by atoms with Crippen molar-refractivity contribution in [1.29, 1.82) is 0 Å². The number of pyridine rings is 1. The highest BCUT2D eigenvalue weighted by Crippen LogP contribution is 2.20. The number of carbonyl (C=O) groups is 1. The van der Waals surface area contributed by atoms with Crippen LogP contribution in [-0.4, -0.2) is 20.4 Å². The number of rotatable bonds is 2.